The van der Waals surface area contributed by atoms with E-state index in [-0.39, 0.29) is 0 Å². The van der Waals surface area contributed by atoms with Crippen LogP contribution in [0, 0.1) is 6.92 Å². The summed E-state index contributed by atoms with van der Waals surface area (Å²) in [7, 11) is 0. The fourth-order valence-corrected chi connectivity index (χ4v) is 1.17. The van der Waals surface area contributed by atoms with Gasteiger partial charge in [-0.15, -0.1) is 0 Å². The number of rotatable bonds is 3. The lowest BCUT2D eigenvalue weighted by atomic mass is 10.1. The Hall–Kier alpha value is -1.70. The van der Waals surface area contributed by atoms with Gasteiger partial charge in [-0.2, -0.15) is 10.2 Å². The van der Waals surface area contributed by atoms with Crippen molar-refractivity contribution in [1.82, 2.24) is 10.2 Å². The fraction of sp³-hybridized carbons (Fsp3) is 0.286. The van der Waals surface area contributed by atoms with Gasteiger partial charge in [0.15, 0.2) is 0 Å². The van der Waals surface area contributed by atoms with Crippen LogP contribution < -0.4 is 0 Å². The molecule has 1 aromatic heterocycles. The summed E-state index contributed by atoms with van der Waals surface area (Å²) >= 11 is 0. The summed E-state index contributed by atoms with van der Waals surface area (Å²) in [5, 5.41) is 7.97. The normalized spacial score (nSPS) is 10.2. The maximum absolute atomic E-state index is 4.06. The highest BCUT2D eigenvalue weighted by atomic mass is 15.1. The Morgan fingerprint density at radius 1 is 1.25 bits per heavy atom. The minimum Gasteiger partial charge on any atom is -0.158 e. The highest BCUT2D eigenvalue weighted by Gasteiger charge is 2.00. The summed E-state index contributed by atoms with van der Waals surface area (Å²) in [5.41, 5.74) is 3.12. The zero-order valence-electron chi connectivity index (χ0n) is 10.6. The van der Waals surface area contributed by atoms with Crippen molar-refractivity contribution in [2.45, 2.75) is 27.7 Å². The Morgan fingerprint density at radius 3 is 2.50 bits per heavy atom. The molecule has 0 saturated carbocycles. The minimum absolute atomic E-state index is 0.878. The molecule has 1 rings (SSSR count). The van der Waals surface area contributed by atoms with Crippen molar-refractivity contribution in [2.24, 2.45) is 0 Å². The molecule has 1 aromatic rings. The average molecular weight is 216 g/mol. The molecule has 0 aliphatic rings. The van der Waals surface area contributed by atoms with Crippen molar-refractivity contribution in [3.63, 3.8) is 0 Å². The highest BCUT2D eigenvalue weighted by Crippen LogP contribution is 2.13. The van der Waals surface area contributed by atoms with Crippen molar-refractivity contribution < 1.29 is 0 Å². The van der Waals surface area contributed by atoms with Crippen molar-refractivity contribution in [3.8, 4) is 0 Å². The monoisotopic (exact) mass is 216 g/mol. The van der Waals surface area contributed by atoms with Gasteiger partial charge in [0.05, 0.1) is 11.9 Å². The Labute approximate surface area is 98.4 Å². The quantitative estimate of drug-likeness (QED) is 0.712. The van der Waals surface area contributed by atoms with Crippen LogP contribution in [-0.4, -0.2) is 10.2 Å². The van der Waals surface area contributed by atoms with Gasteiger partial charge < -0.3 is 0 Å². The summed E-state index contributed by atoms with van der Waals surface area (Å²) in [6.45, 7) is 11.6. The number of allylic oxidation sites excluding steroid dienone is 3. The van der Waals surface area contributed by atoms with Gasteiger partial charge in [-0.05, 0) is 25.5 Å². The van der Waals surface area contributed by atoms with E-state index in [2.05, 4.69) is 16.8 Å². The smallest absolute Gasteiger partial charge is 0.0932 e. The van der Waals surface area contributed by atoms with E-state index in [9.17, 15) is 0 Å². The second-order valence-corrected chi connectivity index (χ2v) is 2.92. The summed E-state index contributed by atoms with van der Waals surface area (Å²) in [5.74, 6) is 0. The number of nitrogens with zero attached hydrogens (tertiary/aromatic N) is 2. The Balaban J connectivity index is 0.00000106. The predicted octanol–water partition coefficient (Wildman–Crippen LogP) is 4.04. The zero-order chi connectivity index (χ0) is 12.4. The fourth-order valence-electron chi connectivity index (χ4n) is 1.17. The third kappa shape index (κ3) is 4.22. The van der Waals surface area contributed by atoms with Gasteiger partial charge in [0, 0.05) is 5.56 Å². The molecule has 0 spiro atoms. The third-order valence-corrected chi connectivity index (χ3v) is 1.84. The molecule has 86 valence electrons. The first-order valence-corrected chi connectivity index (χ1v) is 5.53. The molecule has 0 N–H and O–H groups in total. The SMILES string of the molecule is C=C/C=C\c1nncc(C)c1/C=C\C.CC. The first kappa shape index (κ1) is 14.3. The van der Waals surface area contributed by atoms with E-state index in [1.165, 1.54) is 0 Å². The Morgan fingerprint density at radius 2 is 1.94 bits per heavy atom. The lowest BCUT2D eigenvalue weighted by molar-refractivity contribution is 0.996. The molecule has 0 saturated heterocycles. The van der Waals surface area contributed by atoms with E-state index in [1.54, 1.807) is 12.3 Å². The van der Waals surface area contributed by atoms with E-state index >= 15 is 0 Å². The van der Waals surface area contributed by atoms with Crippen LogP contribution in [0.1, 0.15) is 37.6 Å². The van der Waals surface area contributed by atoms with E-state index in [0.717, 1.165) is 16.8 Å². The molecule has 0 amide bonds. The van der Waals surface area contributed by atoms with Crippen LogP contribution in [0.2, 0.25) is 0 Å². The van der Waals surface area contributed by atoms with Crippen LogP contribution in [-0.2, 0) is 0 Å². The van der Waals surface area contributed by atoms with Gasteiger partial charge in [-0.25, -0.2) is 0 Å². The molecule has 0 aromatic carbocycles. The van der Waals surface area contributed by atoms with Crippen LogP contribution in [0.25, 0.3) is 12.2 Å². The predicted molar refractivity (Wildman–Crippen MR) is 72.1 cm³/mol. The summed E-state index contributed by atoms with van der Waals surface area (Å²) in [6, 6.07) is 0. The molecule has 2 heteroatoms. The molecule has 2 nitrogen and oxygen atoms in total. The molecule has 0 aliphatic carbocycles. The lowest BCUT2D eigenvalue weighted by Gasteiger charge is -2.01. The molecule has 0 radical (unpaired) electrons. The first-order chi connectivity index (χ1) is 7.79. The van der Waals surface area contributed by atoms with Crippen molar-refractivity contribution >= 4 is 12.2 Å². The second kappa shape index (κ2) is 8.60. The maximum Gasteiger partial charge on any atom is 0.0932 e. The Kier molecular flexibility index (Phi) is 7.68. The highest BCUT2D eigenvalue weighted by molar-refractivity contribution is 5.64. The van der Waals surface area contributed by atoms with Crippen LogP contribution >= 0.6 is 0 Å². The van der Waals surface area contributed by atoms with Gasteiger partial charge in [0.1, 0.15) is 0 Å². The van der Waals surface area contributed by atoms with Crippen LogP contribution in [0.5, 0.6) is 0 Å². The van der Waals surface area contributed by atoms with Crippen molar-refractivity contribution in [2.75, 3.05) is 0 Å². The summed E-state index contributed by atoms with van der Waals surface area (Å²) < 4.78 is 0. The summed E-state index contributed by atoms with van der Waals surface area (Å²) in [6.07, 6.45) is 11.3. The molecule has 0 atom stereocenters. The standard InChI is InChI=1S/C12H14N2.C2H6/c1-4-6-8-12-11(7-5-2)10(3)9-13-14-12;1-2/h4-9H,1H2,2-3H3;1-2H3/b7-5-,8-6-;. The first-order valence-electron chi connectivity index (χ1n) is 5.53. The van der Waals surface area contributed by atoms with Crippen LogP contribution in [0.3, 0.4) is 0 Å². The van der Waals surface area contributed by atoms with E-state index in [1.807, 2.05) is 52.0 Å². The zero-order valence-corrected chi connectivity index (χ0v) is 10.6. The number of hydrogen-bond acceptors (Lipinski definition) is 2. The largest absolute Gasteiger partial charge is 0.158 e. The molecule has 1 heterocycles. The Bertz CT molecular complexity index is 376. The molecule has 0 fully saturated rings. The van der Waals surface area contributed by atoms with Gasteiger partial charge in [-0.1, -0.05) is 44.7 Å². The molecule has 0 bridgehead atoms. The number of aryl methyl sites for hydroxylation is 1. The second-order valence-electron chi connectivity index (χ2n) is 2.92. The molecular formula is C14H20N2. The van der Waals surface area contributed by atoms with Crippen molar-refractivity contribution in [3.05, 3.63) is 47.8 Å². The minimum atomic E-state index is 0.878. The molecular weight excluding hydrogens is 196 g/mol. The number of hydrogen-bond donors (Lipinski definition) is 0. The maximum atomic E-state index is 4.06. The van der Waals surface area contributed by atoms with Gasteiger partial charge in [-0.3, -0.25) is 0 Å². The lowest BCUT2D eigenvalue weighted by Crippen LogP contribution is -1.93. The van der Waals surface area contributed by atoms with E-state index in [0.29, 0.717) is 0 Å². The van der Waals surface area contributed by atoms with Gasteiger partial charge in [0.2, 0.25) is 0 Å². The van der Waals surface area contributed by atoms with Gasteiger partial charge >= 0.3 is 0 Å². The molecule has 0 aliphatic heterocycles. The number of aromatic nitrogens is 2. The average Bonchev–Trinajstić information content (AvgIpc) is 2.33. The molecule has 16 heavy (non-hydrogen) atoms. The van der Waals surface area contributed by atoms with E-state index in [4.69, 9.17) is 0 Å². The molecule has 0 unspecified atom stereocenters. The topological polar surface area (TPSA) is 25.8 Å². The van der Waals surface area contributed by atoms with E-state index < -0.39 is 0 Å². The van der Waals surface area contributed by atoms with Crippen LogP contribution in [0.15, 0.2) is 31.0 Å². The summed E-state index contributed by atoms with van der Waals surface area (Å²) in [4.78, 5) is 0. The van der Waals surface area contributed by atoms with Crippen LogP contribution in [0.4, 0.5) is 0 Å². The van der Waals surface area contributed by atoms with Crippen molar-refractivity contribution in [1.29, 1.82) is 0 Å². The third-order valence-electron chi connectivity index (χ3n) is 1.84. The van der Waals surface area contributed by atoms with Gasteiger partial charge in [0.25, 0.3) is 0 Å².